The van der Waals surface area contributed by atoms with Gasteiger partial charge in [-0.3, -0.25) is 30.0 Å². The first kappa shape index (κ1) is 15.2. The van der Waals surface area contributed by atoms with E-state index in [1.54, 1.807) is 0 Å². The lowest BCUT2D eigenvalue weighted by Crippen LogP contribution is -2.46. The van der Waals surface area contributed by atoms with E-state index in [1.807, 2.05) is 10.9 Å². The van der Waals surface area contributed by atoms with E-state index >= 15 is 0 Å². The Morgan fingerprint density at radius 2 is 1.80 bits per heavy atom. The second-order valence-electron chi connectivity index (χ2n) is 3.65. The highest BCUT2D eigenvalue weighted by molar-refractivity contribution is 5.94. The van der Waals surface area contributed by atoms with E-state index in [2.05, 4.69) is 5.32 Å². The standard InChI is InChI=1S/C11H13N3O6/c15-8(3-4-10(17)18)13-14-9(16)6-12-11(19)7-2-1-5-20-7/h1-2,5H,3-4,6H2,(H,12,19)(H,13,15)(H,14,16)(H,17,18). The zero-order valence-corrected chi connectivity index (χ0v) is 10.3. The number of hydrogen-bond donors (Lipinski definition) is 4. The lowest BCUT2D eigenvalue weighted by atomic mass is 10.3. The number of hydrogen-bond acceptors (Lipinski definition) is 5. The second kappa shape index (κ2) is 7.56. The largest absolute Gasteiger partial charge is 0.481 e. The van der Waals surface area contributed by atoms with Crippen molar-refractivity contribution >= 4 is 23.7 Å². The molecule has 0 unspecified atom stereocenters. The molecule has 20 heavy (non-hydrogen) atoms. The summed E-state index contributed by atoms with van der Waals surface area (Å²) in [6.07, 6.45) is 0.725. The van der Waals surface area contributed by atoms with Crippen LogP contribution in [0.2, 0.25) is 0 Å². The third-order valence-corrected chi connectivity index (χ3v) is 2.06. The molecule has 4 N–H and O–H groups in total. The van der Waals surface area contributed by atoms with Gasteiger partial charge >= 0.3 is 5.97 Å². The minimum Gasteiger partial charge on any atom is -0.481 e. The van der Waals surface area contributed by atoms with Crippen LogP contribution >= 0.6 is 0 Å². The second-order valence-corrected chi connectivity index (χ2v) is 3.65. The van der Waals surface area contributed by atoms with Crippen molar-refractivity contribution in [2.24, 2.45) is 0 Å². The first-order chi connectivity index (χ1) is 9.49. The summed E-state index contributed by atoms with van der Waals surface area (Å²) in [6, 6.07) is 2.96. The summed E-state index contributed by atoms with van der Waals surface area (Å²) < 4.78 is 4.81. The van der Waals surface area contributed by atoms with Crippen molar-refractivity contribution in [2.45, 2.75) is 12.8 Å². The topological polar surface area (TPSA) is 138 Å². The van der Waals surface area contributed by atoms with E-state index in [-0.39, 0.29) is 25.1 Å². The van der Waals surface area contributed by atoms with Crippen LogP contribution in [0.15, 0.2) is 22.8 Å². The van der Waals surface area contributed by atoms with Crippen molar-refractivity contribution in [1.82, 2.24) is 16.2 Å². The van der Waals surface area contributed by atoms with Crippen molar-refractivity contribution in [3.63, 3.8) is 0 Å². The average molecular weight is 283 g/mol. The number of hydrazine groups is 1. The predicted octanol–water partition coefficient (Wildman–Crippen LogP) is -0.978. The molecule has 0 saturated heterocycles. The summed E-state index contributed by atoms with van der Waals surface area (Å²) in [5, 5.41) is 10.6. The van der Waals surface area contributed by atoms with Gasteiger partial charge in [-0.2, -0.15) is 0 Å². The quantitative estimate of drug-likeness (QED) is 0.495. The molecular formula is C11H13N3O6. The molecule has 1 heterocycles. The van der Waals surface area contributed by atoms with Crippen molar-refractivity contribution in [2.75, 3.05) is 6.54 Å². The molecule has 0 atom stereocenters. The van der Waals surface area contributed by atoms with Crippen LogP contribution in [-0.4, -0.2) is 35.3 Å². The highest BCUT2D eigenvalue weighted by Gasteiger charge is 2.11. The number of carbonyl (C=O) groups is 4. The predicted molar refractivity (Wildman–Crippen MR) is 64.2 cm³/mol. The highest BCUT2D eigenvalue weighted by Crippen LogP contribution is 1.98. The molecule has 0 aromatic carbocycles. The van der Waals surface area contributed by atoms with Crippen LogP contribution < -0.4 is 16.2 Å². The fourth-order valence-corrected chi connectivity index (χ4v) is 1.12. The van der Waals surface area contributed by atoms with Crippen LogP contribution in [0.3, 0.4) is 0 Å². The summed E-state index contributed by atoms with van der Waals surface area (Å²) in [7, 11) is 0. The molecule has 0 spiro atoms. The van der Waals surface area contributed by atoms with E-state index in [0.29, 0.717) is 0 Å². The van der Waals surface area contributed by atoms with Gasteiger partial charge in [0.25, 0.3) is 11.8 Å². The molecule has 0 aliphatic heterocycles. The van der Waals surface area contributed by atoms with Gasteiger partial charge in [-0.15, -0.1) is 0 Å². The van der Waals surface area contributed by atoms with E-state index < -0.39 is 23.7 Å². The summed E-state index contributed by atoms with van der Waals surface area (Å²) in [6.45, 7) is -0.362. The average Bonchev–Trinajstić information content (AvgIpc) is 2.94. The van der Waals surface area contributed by atoms with Gasteiger partial charge in [0.2, 0.25) is 5.91 Å². The summed E-state index contributed by atoms with van der Waals surface area (Å²) in [5.74, 6) is -2.92. The molecule has 0 aliphatic rings. The molecule has 9 heteroatoms. The van der Waals surface area contributed by atoms with Gasteiger partial charge in [0, 0.05) is 6.42 Å². The molecule has 108 valence electrons. The molecule has 3 amide bonds. The first-order valence-corrected chi connectivity index (χ1v) is 5.60. The zero-order valence-electron chi connectivity index (χ0n) is 10.3. The summed E-state index contributed by atoms with van der Waals surface area (Å²) in [4.78, 5) is 44.0. The van der Waals surface area contributed by atoms with Gasteiger partial charge < -0.3 is 14.8 Å². The number of nitrogens with one attached hydrogen (secondary N) is 3. The van der Waals surface area contributed by atoms with E-state index in [0.717, 1.165) is 0 Å². The number of carbonyl (C=O) groups excluding carboxylic acids is 3. The van der Waals surface area contributed by atoms with Crippen molar-refractivity contribution in [3.05, 3.63) is 24.2 Å². The van der Waals surface area contributed by atoms with Gasteiger partial charge in [-0.25, -0.2) is 0 Å². The fraction of sp³-hybridized carbons (Fsp3) is 0.273. The summed E-state index contributed by atoms with van der Waals surface area (Å²) in [5.41, 5.74) is 4.05. The molecular weight excluding hydrogens is 270 g/mol. The van der Waals surface area contributed by atoms with Crippen LogP contribution in [0.5, 0.6) is 0 Å². The fourth-order valence-electron chi connectivity index (χ4n) is 1.12. The number of aliphatic carboxylic acids is 1. The monoisotopic (exact) mass is 283 g/mol. The van der Waals surface area contributed by atoms with Gasteiger partial charge in [0.15, 0.2) is 5.76 Å². The molecule has 1 aromatic rings. The molecule has 0 bridgehead atoms. The number of furan rings is 1. The molecule has 0 radical (unpaired) electrons. The number of amides is 3. The Labute approximate surface area is 113 Å². The van der Waals surface area contributed by atoms with Crippen LogP contribution in [0.4, 0.5) is 0 Å². The Hall–Kier alpha value is -2.84. The maximum absolute atomic E-state index is 11.4. The number of rotatable bonds is 6. The Bertz CT molecular complexity index is 496. The molecule has 1 aromatic heterocycles. The van der Waals surface area contributed by atoms with Crippen LogP contribution in [0.25, 0.3) is 0 Å². The molecule has 0 aliphatic carbocycles. The lowest BCUT2D eigenvalue weighted by Gasteiger charge is -2.07. The maximum atomic E-state index is 11.4. The Balaban J connectivity index is 2.19. The van der Waals surface area contributed by atoms with Crippen LogP contribution in [0.1, 0.15) is 23.4 Å². The number of carboxylic acids is 1. The van der Waals surface area contributed by atoms with E-state index in [9.17, 15) is 19.2 Å². The Morgan fingerprint density at radius 1 is 1.10 bits per heavy atom. The normalized spacial score (nSPS) is 9.60. The van der Waals surface area contributed by atoms with Crippen LogP contribution in [0, 0.1) is 0 Å². The van der Waals surface area contributed by atoms with Gasteiger partial charge in [-0.1, -0.05) is 0 Å². The molecule has 1 rings (SSSR count). The Morgan fingerprint density at radius 3 is 2.40 bits per heavy atom. The first-order valence-electron chi connectivity index (χ1n) is 5.60. The van der Waals surface area contributed by atoms with Gasteiger partial charge in [0.05, 0.1) is 19.2 Å². The molecule has 0 fully saturated rings. The Kier molecular flexibility index (Phi) is 5.75. The minimum absolute atomic E-state index is 0.0586. The SMILES string of the molecule is O=C(O)CCC(=O)NNC(=O)CNC(=O)c1ccco1. The molecule has 9 nitrogen and oxygen atoms in total. The van der Waals surface area contributed by atoms with Gasteiger partial charge in [-0.05, 0) is 12.1 Å². The van der Waals surface area contributed by atoms with E-state index in [4.69, 9.17) is 9.52 Å². The third kappa shape index (κ3) is 5.67. The maximum Gasteiger partial charge on any atom is 0.303 e. The van der Waals surface area contributed by atoms with Crippen molar-refractivity contribution < 1.29 is 28.7 Å². The smallest absolute Gasteiger partial charge is 0.303 e. The van der Waals surface area contributed by atoms with Crippen molar-refractivity contribution in [1.29, 1.82) is 0 Å². The highest BCUT2D eigenvalue weighted by atomic mass is 16.4. The van der Waals surface area contributed by atoms with Crippen molar-refractivity contribution in [3.8, 4) is 0 Å². The summed E-state index contributed by atoms with van der Waals surface area (Å²) >= 11 is 0. The zero-order chi connectivity index (χ0) is 15.0. The minimum atomic E-state index is -1.11. The lowest BCUT2D eigenvalue weighted by molar-refractivity contribution is -0.139. The van der Waals surface area contributed by atoms with Crippen LogP contribution in [-0.2, 0) is 14.4 Å². The molecule has 0 saturated carbocycles. The third-order valence-electron chi connectivity index (χ3n) is 2.06. The van der Waals surface area contributed by atoms with Gasteiger partial charge in [0.1, 0.15) is 0 Å². The van der Waals surface area contributed by atoms with E-state index in [1.165, 1.54) is 18.4 Å². The number of carboxylic acid groups (broad SMARTS) is 1.